The van der Waals surface area contributed by atoms with Gasteiger partial charge in [-0.1, -0.05) is 24.3 Å². The smallest absolute Gasteiger partial charge is 0.143 e. The van der Waals surface area contributed by atoms with E-state index in [9.17, 15) is 10.2 Å². The number of hydrogen-bond donors (Lipinski definition) is 3. The summed E-state index contributed by atoms with van der Waals surface area (Å²) in [6.07, 6.45) is 1.78. The molecule has 3 heteroatoms. The summed E-state index contributed by atoms with van der Waals surface area (Å²) in [5, 5.41) is 19.3. The molecule has 0 radical (unpaired) electrons. The first-order valence-electron chi connectivity index (χ1n) is 4.11. The molecule has 68 valence electrons. The Morgan fingerprint density at radius 1 is 1.31 bits per heavy atom. The maximum atomic E-state index is 9.77. The molecule has 0 bridgehead atoms. The predicted octanol–water partition coefficient (Wildman–Crippen LogP) is 1.09. The van der Waals surface area contributed by atoms with Gasteiger partial charge in [-0.3, -0.25) is 5.73 Å². The Morgan fingerprint density at radius 3 is 2.69 bits per heavy atom. The zero-order chi connectivity index (χ0) is 9.47. The number of benzene rings is 1. The maximum absolute atomic E-state index is 9.77. The average Bonchev–Trinajstić information content (AvgIpc) is 2.13. The third-order valence-corrected chi connectivity index (χ3v) is 2.28. The third kappa shape index (κ3) is 1.22. The average molecular weight is 177 g/mol. The van der Waals surface area contributed by atoms with Gasteiger partial charge in [-0.15, -0.1) is 0 Å². The second-order valence-corrected chi connectivity index (χ2v) is 3.26. The summed E-state index contributed by atoms with van der Waals surface area (Å²) >= 11 is 0. The van der Waals surface area contributed by atoms with E-state index in [1.165, 1.54) is 6.08 Å². The molecule has 2 rings (SSSR count). The Bertz CT molecular complexity index is 369. The van der Waals surface area contributed by atoms with E-state index in [-0.39, 0.29) is 12.2 Å². The van der Waals surface area contributed by atoms with Gasteiger partial charge in [0.05, 0.1) is 0 Å². The van der Waals surface area contributed by atoms with Crippen molar-refractivity contribution in [3.8, 4) is 0 Å². The molecule has 0 saturated heterocycles. The molecule has 13 heavy (non-hydrogen) atoms. The van der Waals surface area contributed by atoms with Crippen molar-refractivity contribution in [1.29, 1.82) is 0 Å². The molecule has 1 unspecified atom stereocenters. The van der Waals surface area contributed by atoms with Gasteiger partial charge in [-0.05, 0) is 6.08 Å². The minimum Gasteiger partial charge on any atom is -0.508 e. The van der Waals surface area contributed by atoms with E-state index in [0.717, 1.165) is 0 Å². The van der Waals surface area contributed by atoms with Crippen LogP contribution in [0.4, 0.5) is 0 Å². The van der Waals surface area contributed by atoms with Crippen molar-refractivity contribution in [2.45, 2.75) is 12.1 Å². The van der Waals surface area contributed by atoms with E-state index in [4.69, 9.17) is 5.73 Å². The first kappa shape index (κ1) is 8.29. The molecule has 1 aliphatic rings. The SMILES string of the molecule is NC1(O)CC=C(O)c2ccccc21. The molecule has 1 aromatic carbocycles. The lowest BCUT2D eigenvalue weighted by atomic mass is 9.89. The van der Waals surface area contributed by atoms with Gasteiger partial charge in [-0.2, -0.15) is 0 Å². The molecular weight excluding hydrogens is 166 g/mol. The van der Waals surface area contributed by atoms with E-state index in [2.05, 4.69) is 0 Å². The molecule has 0 spiro atoms. The molecule has 0 amide bonds. The molecular formula is C10H11NO2. The van der Waals surface area contributed by atoms with Crippen molar-refractivity contribution >= 4 is 5.76 Å². The van der Waals surface area contributed by atoms with Gasteiger partial charge in [0.15, 0.2) is 0 Å². The van der Waals surface area contributed by atoms with Crippen molar-refractivity contribution in [1.82, 2.24) is 0 Å². The normalized spacial score (nSPS) is 26.5. The summed E-state index contributed by atoms with van der Waals surface area (Å²) in [5.74, 6) is 0.186. The minimum atomic E-state index is -1.34. The van der Waals surface area contributed by atoms with E-state index in [1.54, 1.807) is 24.3 Å². The van der Waals surface area contributed by atoms with Crippen LogP contribution in [0.5, 0.6) is 0 Å². The summed E-state index contributed by atoms with van der Waals surface area (Å²) < 4.78 is 0. The van der Waals surface area contributed by atoms with Crippen LogP contribution in [0.2, 0.25) is 0 Å². The van der Waals surface area contributed by atoms with E-state index in [0.29, 0.717) is 11.1 Å². The molecule has 1 atom stereocenters. The quantitative estimate of drug-likeness (QED) is 0.520. The minimum absolute atomic E-state index is 0.186. The second kappa shape index (κ2) is 2.58. The summed E-state index contributed by atoms with van der Waals surface area (Å²) in [5.41, 5.74) is 5.50. The van der Waals surface area contributed by atoms with Gasteiger partial charge in [0.1, 0.15) is 11.5 Å². The Hall–Kier alpha value is -1.32. The summed E-state index contributed by atoms with van der Waals surface area (Å²) in [4.78, 5) is 0. The highest BCUT2D eigenvalue weighted by Gasteiger charge is 2.29. The molecule has 0 heterocycles. The number of aliphatic hydroxyl groups excluding tert-OH is 1. The molecule has 1 aliphatic carbocycles. The lowest BCUT2D eigenvalue weighted by Gasteiger charge is -2.28. The Labute approximate surface area is 76.1 Å². The first-order chi connectivity index (χ1) is 6.11. The number of hydrogen-bond acceptors (Lipinski definition) is 3. The van der Waals surface area contributed by atoms with Gasteiger partial charge in [-0.25, -0.2) is 0 Å². The highest BCUT2D eigenvalue weighted by atomic mass is 16.3. The Balaban J connectivity index is 2.64. The number of aliphatic hydroxyl groups is 2. The highest BCUT2D eigenvalue weighted by Crippen LogP contribution is 2.32. The van der Waals surface area contributed by atoms with Crippen LogP contribution in [-0.2, 0) is 5.72 Å². The van der Waals surface area contributed by atoms with Crippen molar-refractivity contribution in [2.24, 2.45) is 5.73 Å². The zero-order valence-electron chi connectivity index (χ0n) is 7.07. The lowest BCUT2D eigenvalue weighted by Crippen LogP contribution is -2.38. The summed E-state index contributed by atoms with van der Waals surface area (Å²) in [6, 6.07) is 7.04. The van der Waals surface area contributed by atoms with Crippen LogP contribution in [0.3, 0.4) is 0 Å². The van der Waals surface area contributed by atoms with Gasteiger partial charge in [0.25, 0.3) is 0 Å². The third-order valence-electron chi connectivity index (χ3n) is 2.28. The standard InChI is InChI=1S/C10H11NO2/c11-10(13)6-5-9(12)7-3-1-2-4-8(7)10/h1-5,12-13H,6,11H2. The topological polar surface area (TPSA) is 66.5 Å². The lowest BCUT2D eigenvalue weighted by molar-refractivity contribution is 0.0441. The van der Waals surface area contributed by atoms with Crippen LogP contribution in [0.1, 0.15) is 17.5 Å². The van der Waals surface area contributed by atoms with Gasteiger partial charge in [0, 0.05) is 17.5 Å². The van der Waals surface area contributed by atoms with Gasteiger partial charge < -0.3 is 10.2 Å². The molecule has 0 aliphatic heterocycles. The molecule has 0 saturated carbocycles. The number of fused-ring (bicyclic) bond motifs is 1. The van der Waals surface area contributed by atoms with Crippen molar-refractivity contribution in [2.75, 3.05) is 0 Å². The first-order valence-corrected chi connectivity index (χ1v) is 4.11. The van der Waals surface area contributed by atoms with Crippen LogP contribution in [0, 0.1) is 0 Å². The van der Waals surface area contributed by atoms with Crippen LogP contribution in [0.25, 0.3) is 5.76 Å². The number of rotatable bonds is 0. The van der Waals surface area contributed by atoms with E-state index < -0.39 is 5.72 Å². The summed E-state index contributed by atoms with van der Waals surface area (Å²) in [7, 11) is 0. The van der Waals surface area contributed by atoms with Crippen LogP contribution >= 0.6 is 0 Å². The van der Waals surface area contributed by atoms with Crippen molar-refractivity contribution < 1.29 is 10.2 Å². The number of nitrogens with two attached hydrogens (primary N) is 1. The molecule has 4 N–H and O–H groups in total. The highest BCUT2D eigenvalue weighted by molar-refractivity contribution is 5.65. The van der Waals surface area contributed by atoms with E-state index in [1.807, 2.05) is 0 Å². The fourth-order valence-corrected chi connectivity index (χ4v) is 1.56. The summed E-state index contributed by atoms with van der Waals surface area (Å²) in [6.45, 7) is 0. The molecule has 0 aromatic heterocycles. The molecule has 3 nitrogen and oxygen atoms in total. The Kier molecular flexibility index (Phi) is 1.65. The van der Waals surface area contributed by atoms with Gasteiger partial charge >= 0.3 is 0 Å². The van der Waals surface area contributed by atoms with Crippen molar-refractivity contribution in [3.63, 3.8) is 0 Å². The fraction of sp³-hybridized carbons (Fsp3) is 0.200. The maximum Gasteiger partial charge on any atom is 0.143 e. The molecule has 1 aromatic rings. The Morgan fingerprint density at radius 2 is 2.00 bits per heavy atom. The zero-order valence-corrected chi connectivity index (χ0v) is 7.07. The predicted molar refractivity (Wildman–Crippen MR) is 49.7 cm³/mol. The van der Waals surface area contributed by atoms with Crippen LogP contribution < -0.4 is 5.73 Å². The van der Waals surface area contributed by atoms with Crippen LogP contribution in [0.15, 0.2) is 30.3 Å². The molecule has 0 fully saturated rings. The fourth-order valence-electron chi connectivity index (χ4n) is 1.56. The largest absolute Gasteiger partial charge is 0.508 e. The van der Waals surface area contributed by atoms with Gasteiger partial charge in [0.2, 0.25) is 0 Å². The van der Waals surface area contributed by atoms with Crippen LogP contribution in [-0.4, -0.2) is 10.2 Å². The van der Waals surface area contributed by atoms with E-state index >= 15 is 0 Å². The van der Waals surface area contributed by atoms with Crippen molar-refractivity contribution in [3.05, 3.63) is 41.5 Å². The monoisotopic (exact) mass is 177 g/mol. The second-order valence-electron chi connectivity index (χ2n) is 3.26.